The van der Waals surface area contributed by atoms with Gasteiger partial charge in [-0.05, 0) is 42.3 Å². The van der Waals surface area contributed by atoms with E-state index in [0.29, 0.717) is 12.1 Å². The zero-order valence-electron chi connectivity index (χ0n) is 9.86. The van der Waals surface area contributed by atoms with Crippen molar-refractivity contribution in [2.75, 3.05) is 17.7 Å². The van der Waals surface area contributed by atoms with Gasteiger partial charge in [-0.25, -0.2) is 0 Å². The van der Waals surface area contributed by atoms with Crippen LogP contribution in [0.5, 0.6) is 0 Å². The molecule has 18 heavy (non-hydrogen) atoms. The highest BCUT2D eigenvalue weighted by molar-refractivity contribution is 9.10. The number of benzene rings is 2. The Labute approximate surface area is 115 Å². The van der Waals surface area contributed by atoms with Gasteiger partial charge >= 0.3 is 0 Å². The summed E-state index contributed by atoms with van der Waals surface area (Å²) < 4.78 is 0.962. The molecule has 0 aromatic heterocycles. The van der Waals surface area contributed by atoms with Gasteiger partial charge in [0.15, 0.2) is 0 Å². The van der Waals surface area contributed by atoms with E-state index in [1.54, 1.807) is 0 Å². The fraction of sp³-hybridized carbons (Fsp3) is 0.143. The molecule has 0 aliphatic rings. The van der Waals surface area contributed by atoms with Crippen LogP contribution in [0.4, 0.5) is 17.1 Å². The second kappa shape index (κ2) is 5.89. The van der Waals surface area contributed by atoms with Crippen LogP contribution in [0, 0.1) is 0 Å². The molecule has 2 aromatic rings. The topological polar surface area (TPSA) is 58.3 Å². The van der Waals surface area contributed by atoms with Crippen molar-refractivity contribution in [2.45, 2.75) is 6.42 Å². The van der Waals surface area contributed by atoms with Gasteiger partial charge in [0.25, 0.3) is 0 Å². The molecule has 0 bridgehead atoms. The van der Waals surface area contributed by atoms with E-state index in [2.05, 4.69) is 21.2 Å². The van der Waals surface area contributed by atoms with Crippen LogP contribution in [0.2, 0.25) is 0 Å². The monoisotopic (exact) mass is 306 g/mol. The third-order valence-corrected chi connectivity index (χ3v) is 3.14. The number of halogens is 1. The number of hydrogen-bond acceptors (Lipinski definition) is 3. The van der Waals surface area contributed by atoms with Crippen LogP contribution in [0.25, 0.3) is 0 Å². The lowest BCUT2D eigenvalue weighted by Gasteiger charge is -2.10. The summed E-state index contributed by atoms with van der Waals surface area (Å²) in [5.74, 6) is 0. The molecular weight excluding hydrogens is 292 g/mol. The van der Waals surface area contributed by atoms with Crippen molar-refractivity contribution >= 4 is 33.0 Å². The molecule has 3 nitrogen and oxygen atoms in total. The van der Waals surface area contributed by atoms with Gasteiger partial charge in [-0.2, -0.15) is 0 Å². The van der Waals surface area contributed by atoms with E-state index < -0.39 is 0 Å². The highest BCUT2D eigenvalue weighted by atomic mass is 79.9. The summed E-state index contributed by atoms with van der Waals surface area (Å²) in [5.41, 5.74) is 9.60. The van der Waals surface area contributed by atoms with E-state index in [1.807, 2.05) is 42.5 Å². The molecular formula is C14H15BrN2O. The first-order valence-corrected chi connectivity index (χ1v) is 6.50. The minimum atomic E-state index is 0.173. The first kappa shape index (κ1) is 12.9. The average molecular weight is 307 g/mol. The molecule has 4 N–H and O–H groups in total. The maximum Gasteiger partial charge on any atom is 0.0618 e. The molecule has 0 fully saturated rings. The van der Waals surface area contributed by atoms with Crippen LogP contribution < -0.4 is 11.1 Å². The van der Waals surface area contributed by atoms with E-state index >= 15 is 0 Å². The van der Waals surface area contributed by atoms with Crippen LogP contribution >= 0.6 is 15.9 Å². The minimum Gasteiger partial charge on any atom is -0.397 e. The predicted molar refractivity (Wildman–Crippen MR) is 79.1 cm³/mol. The Morgan fingerprint density at radius 1 is 1.11 bits per heavy atom. The fourth-order valence-electron chi connectivity index (χ4n) is 1.69. The number of rotatable bonds is 4. The summed E-state index contributed by atoms with van der Waals surface area (Å²) in [5, 5.41) is 12.1. The molecule has 94 valence electrons. The van der Waals surface area contributed by atoms with E-state index in [-0.39, 0.29) is 6.61 Å². The zero-order valence-corrected chi connectivity index (χ0v) is 11.4. The average Bonchev–Trinajstić information content (AvgIpc) is 2.35. The summed E-state index contributed by atoms with van der Waals surface area (Å²) in [6.45, 7) is 0.173. The van der Waals surface area contributed by atoms with Gasteiger partial charge in [-0.15, -0.1) is 0 Å². The summed E-state index contributed by atoms with van der Waals surface area (Å²) >= 11 is 3.38. The number of hydrogen-bond donors (Lipinski definition) is 3. The molecule has 4 heteroatoms. The molecule has 0 saturated heterocycles. The summed E-state index contributed by atoms with van der Waals surface area (Å²) in [7, 11) is 0. The fourth-order valence-corrected chi connectivity index (χ4v) is 2.07. The largest absolute Gasteiger partial charge is 0.397 e. The molecule has 0 amide bonds. The number of aliphatic hydroxyl groups is 1. The smallest absolute Gasteiger partial charge is 0.0618 e. The van der Waals surface area contributed by atoms with Crippen molar-refractivity contribution in [3.05, 3.63) is 52.5 Å². The molecule has 0 unspecified atom stereocenters. The molecule has 0 aliphatic heterocycles. The van der Waals surface area contributed by atoms with Gasteiger partial charge in [-0.3, -0.25) is 0 Å². The standard InChI is InChI=1S/C14H15BrN2O/c15-11-3-6-14(13(16)9-11)17-12-4-1-10(2-5-12)7-8-18/h1-6,9,17-18H,7-8,16H2. The number of nitrogen functional groups attached to an aromatic ring is 1. The number of nitrogens with two attached hydrogens (primary N) is 1. The van der Waals surface area contributed by atoms with E-state index in [4.69, 9.17) is 10.8 Å². The van der Waals surface area contributed by atoms with Crippen molar-refractivity contribution in [1.29, 1.82) is 0 Å². The Morgan fingerprint density at radius 2 is 1.83 bits per heavy atom. The molecule has 0 saturated carbocycles. The SMILES string of the molecule is Nc1cc(Br)ccc1Nc1ccc(CCO)cc1. The normalized spacial score (nSPS) is 10.3. The lowest BCUT2D eigenvalue weighted by atomic mass is 10.1. The lowest BCUT2D eigenvalue weighted by molar-refractivity contribution is 0.299. The van der Waals surface area contributed by atoms with Gasteiger partial charge < -0.3 is 16.2 Å². The maximum absolute atomic E-state index is 8.85. The Bertz CT molecular complexity index is 526. The Kier molecular flexibility index (Phi) is 4.23. The second-order valence-electron chi connectivity index (χ2n) is 4.03. The molecule has 0 spiro atoms. The molecule has 0 radical (unpaired) electrons. The molecule has 0 aliphatic carbocycles. The molecule has 0 heterocycles. The van der Waals surface area contributed by atoms with Crippen LogP contribution in [-0.4, -0.2) is 11.7 Å². The first-order valence-electron chi connectivity index (χ1n) is 5.71. The van der Waals surface area contributed by atoms with Crippen LogP contribution in [0.15, 0.2) is 46.9 Å². The van der Waals surface area contributed by atoms with Gasteiger partial charge in [0.1, 0.15) is 0 Å². The second-order valence-corrected chi connectivity index (χ2v) is 4.94. The minimum absolute atomic E-state index is 0.173. The van der Waals surface area contributed by atoms with Crippen molar-refractivity contribution in [3.8, 4) is 0 Å². The zero-order chi connectivity index (χ0) is 13.0. The van der Waals surface area contributed by atoms with Crippen LogP contribution in [0.1, 0.15) is 5.56 Å². The Hall–Kier alpha value is -1.52. The van der Waals surface area contributed by atoms with Crippen LogP contribution in [0.3, 0.4) is 0 Å². The number of nitrogens with one attached hydrogen (secondary N) is 1. The third kappa shape index (κ3) is 3.24. The van der Waals surface area contributed by atoms with Crippen molar-refractivity contribution in [2.24, 2.45) is 0 Å². The van der Waals surface area contributed by atoms with E-state index in [0.717, 1.165) is 21.4 Å². The van der Waals surface area contributed by atoms with Gasteiger partial charge in [-0.1, -0.05) is 28.1 Å². The maximum atomic E-state index is 8.85. The Balaban J connectivity index is 2.13. The van der Waals surface area contributed by atoms with Gasteiger partial charge in [0, 0.05) is 16.8 Å². The number of aliphatic hydroxyl groups excluding tert-OH is 1. The molecule has 0 atom stereocenters. The van der Waals surface area contributed by atoms with Gasteiger partial charge in [0.05, 0.1) is 11.4 Å². The van der Waals surface area contributed by atoms with Crippen molar-refractivity contribution in [1.82, 2.24) is 0 Å². The van der Waals surface area contributed by atoms with E-state index in [9.17, 15) is 0 Å². The highest BCUT2D eigenvalue weighted by Gasteiger charge is 2.00. The quantitative estimate of drug-likeness (QED) is 0.760. The summed E-state index contributed by atoms with van der Waals surface area (Å²) in [4.78, 5) is 0. The lowest BCUT2D eigenvalue weighted by Crippen LogP contribution is -1.97. The first-order chi connectivity index (χ1) is 8.69. The number of anilines is 3. The summed E-state index contributed by atoms with van der Waals surface area (Å²) in [6.07, 6.45) is 0.681. The Morgan fingerprint density at radius 3 is 2.44 bits per heavy atom. The summed E-state index contributed by atoms with van der Waals surface area (Å²) in [6, 6.07) is 13.7. The predicted octanol–water partition coefficient (Wildman–Crippen LogP) is 3.31. The van der Waals surface area contributed by atoms with Crippen molar-refractivity contribution < 1.29 is 5.11 Å². The third-order valence-electron chi connectivity index (χ3n) is 2.65. The van der Waals surface area contributed by atoms with Gasteiger partial charge in [0.2, 0.25) is 0 Å². The molecule has 2 aromatic carbocycles. The highest BCUT2D eigenvalue weighted by Crippen LogP contribution is 2.26. The van der Waals surface area contributed by atoms with E-state index in [1.165, 1.54) is 0 Å². The van der Waals surface area contributed by atoms with Crippen LogP contribution in [-0.2, 0) is 6.42 Å². The van der Waals surface area contributed by atoms with Crippen molar-refractivity contribution in [3.63, 3.8) is 0 Å². The molecule has 2 rings (SSSR count).